The Morgan fingerprint density at radius 3 is 2.95 bits per heavy atom. The second kappa shape index (κ2) is 4.60. The van der Waals surface area contributed by atoms with Crippen LogP contribution in [-0.2, 0) is 23.5 Å². The van der Waals surface area contributed by atoms with Gasteiger partial charge in [0, 0.05) is 25.0 Å². The zero-order chi connectivity index (χ0) is 14.3. The van der Waals surface area contributed by atoms with E-state index in [0.29, 0.717) is 5.69 Å². The minimum atomic E-state index is -3.54. The molecule has 1 aliphatic rings. The van der Waals surface area contributed by atoms with Crippen LogP contribution in [0.5, 0.6) is 0 Å². The first kappa shape index (κ1) is 13.1. The highest BCUT2D eigenvalue weighted by Crippen LogP contribution is 2.33. The summed E-state index contributed by atoms with van der Waals surface area (Å²) in [5, 5.41) is 3.89. The molecule has 0 aliphatic heterocycles. The van der Waals surface area contributed by atoms with E-state index in [1.54, 1.807) is 13.1 Å². The van der Waals surface area contributed by atoms with Gasteiger partial charge in [-0.15, -0.1) is 0 Å². The van der Waals surface area contributed by atoms with E-state index < -0.39 is 10.0 Å². The molecule has 106 valence electrons. The molecule has 0 saturated carbocycles. The Kier molecular flexibility index (Phi) is 3.02. The van der Waals surface area contributed by atoms with Crippen molar-refractivity contribution in [3.63, 3.8) is 0 Å². The summed E-state index contributed by atoms with van der Waals surface area (Å²) in [6.07, 6.45) is 4.42. The molecule has 1 atom stereocenters. The summed E-state index contributed by atoms with van der Waals surface area (Å²) in [5.74, 6) is 0. The number of aryl methyl sites for hydroxylation is 2. The molecule has 0 saturated heterocycles. The molecule has 0 radical (unpaired) electrons. The van der Waals surface area contributed by atoms with Crippen LogP contribution in [0.1, 0.15) is 23.6 Å². The minimum absolute atomic E-state index is 0.184. The van der Waals surface area contributed by atoms with E-state index in [0.717, 1.165) is 24.0 Å². The van der Waals surface area contributed by atoms with Crippen LogP contribution in [0.25, 0.3) is 0 Å². The highest BCUT2D eigenvalue weighted by molar-refractivity contribution is 7.89. The van der Waals surface area contributed by atoms with Gasteiger partial charge < -0.3 is 5.73 Å². The van der Waals surface area contributed by atoms with Crippen LogP contribution in [-0.4, -0.2) is 18.2 Å². The van der Waals surface area contributed by atoms with Crippen LogP contribution >= 0.6 is 0 Å². The number of aromatic nitrogens is 2. The molecule has 0 spiro atoms. The maximum absolute atomic E-state index is 12.3. The summed E-state index contributed by atoms with van der Waals surface area (Å²) in [6.45, 7) is 0. The molecule has 1 aliphatic carbocycles. The number of benzene rings is 1. The quantitative estimate of drug-likeness (QED) is 0.825. The van der Waals surface area contributed by atoms with E-state index in [1.165, 1.54) is 17.1 Å². The number of hydrogen-bond acceptors (Lipinski definition) is 4. The Bertz CT molecular complexity index is 751. The minimum Gasteiger partial charge on any atom is -0.399 e. The van der Waals surface area contributed by atoms with Crippen molar-refractivity contribution in [2.75, 3.05) is 5.73 Å². The number of fused-ring (bicyclic) bond motifs is 1. The molecular formula is C13H16N4O2S. The molecule has 2 aromatic rings. The summed E-state index contributed by atoms with van der Waals surface area (Å²) in [6, 6.07) is 5.41. The van der Waals surface area contributed by atoms with Gasteiger partial charge in [0.1, 0.15) is 4.90 Å². The first-order valence-corrected chi connectivity index (χ1v) is 7.83. The van der Waals surface area contributed by atoms with E-state index >= 15 is 0 Å². The lowest BCUT2D eigenvalue weighted by Gasteiger charge is -2.13. The highest BCUT2D eigenvalue weighted by atomic mass is 32.2. The molecule has 7 heteroatoms. The monoisotopic (exact) mass is 292 g/mol. The number of sulfonamides is 1. The van der Waals surface area contributed by atoms with Crippen molar-refractivity contribution in [2.24, 2.45) is 7.05 Å². The molecule has 6 nitrogen and oxygen atoms in total. The SMILES string of the molecule is Cn1cc(S(=O)(=O)NC2CCc3cc(N)ccc32)cn1. The molecule has 1 unspecified atom stereocenters. The number of nitrogen functional groups attached to an aromatic ring is 1. The second-order valence-corrected chi connectivity index (χ2v) is 6.73. The van der Waals surface area contributed by atoms with Crippen molar-refractivity contribution >= 4 is 15.7 Å². The lowest BCUT2D eigenvalue weighted by Crippen LogP contribution is -2.27. The van der Waals surface area contributed by atoms with E-state index in [1.807, 2.05) is 12.1 Å². The molecule has 20 heavy (non-hydrogen) atoms. The molecule has 0 fully saturated rings. The van der Waals surface area contributed by atoms with E-state index in [2.05, 4.69) is 9.82 Å². The molecule has 3 rings (SSSR count). The Morgan fingerprint density at radius 2 is 2.25 bits per heavy atom. The second-order valence-electron chi connectivity index (χ2n) is 5.02. The third-order valence-corrected chi connectivity index (χ3v) is 4.96. The highest BCUT2D eigenvalue weighted by Gasteiger charge is 2.28. The van der Waals surface area contributed by atoms with Crippen LogP contribution in [0, 0.1) is 0 Å². The topological polar surface area (TPSA) is 90.0 Å². The van der Waals surface area contributed by atoms with E-state index in [4.69, 9.17) is 5.73 Å². The van der Waals surface area contributed by atoms with Crippen LogP contribution in [0.15, 0.2) is 35.5 Å². The largest absolute Gasteiger partial charge is 0.399 e. The number of rotatable bonds is 3. The molecule has 1 aromatic heterocycles. The van der Waals surface area contributed by atoms with Gasteiger partial charge in [0.25, 0.3) is 0 Å². The third-order valence-electron chi connectivity index (χ3n) is 3.53. The number of hydrogen-bond donors (Lipinski definition) is 2. The van der Waals surface area contributed by atoms with Gasteiger partial charge in [0.15, 0.2) is 0 Å². The van der Waals surface area contributed by atoms with Gasteiger partial charge in [-0.25, -0.2) is 13.1 Å². The number of nitrogens with one attached hydrogen (secondary N) is 1. The van der Waals surface area contributed by atoms with Crippen molar-refractivity contribution < 1.29 is 8.42 Å². The Labute approximate surface area is 117 Å². The lowest BCUT2D eigenvalue weighted by atomic mass is 10.1. The molecule has 1 aromatic carbocycles. The Hall–Kier alpha value is -1.86. The normalized spacial score (nSPS) is 18.1. The van der Waals surface area contributed by atoms with Gasteiger partial charge >= 0.3 is 0 Å². The van der Waals surface area contributed by atoms with Gasteiger partial charge in [-0.1, -0.05) is 6.07 Å². The number of anilines is 1. The maximum Gasteiger partial charge on any atom is 0.244 e. The molecule has 3 N–H and O–H groups in total. The third kappa shape index (κ3) is 2.30. The van der Waals surface area contributed by atoms with E-state index in [9.17, 15) is 8.42 Å². The molecule has 0 bridgehead atoms. The average Bonchev–Trinajstić information content (AvgIpc) is 2.96. The van der Waals surface area contributed by atoms with Gasteiger partial charge in [0.05, 0.1) is 6.20 Å². The Morgan fingerprint density at radius 1 is 1.45 bits per heavy atom. The summed E-state index contributed by atoms with van der Waals surface area (Å²) in [7, 11) is -1.85. The Balaban J connectivity index is 1.87. The molecular weight excluding hydrogens is 276 g/mol. The van der Waals surface area contributed by atoms with E-state index in [-0.39, 0.29) is 10.9 Å². The summed E-state index contributed by atoms with van der Waals surface area (Å²) in [5.41, 5.74) is 8.58. The fourth-order valence-electron chi connectivity index (χ4n) is 2.55. The smallest absolute Gasteiger partial charge is 0.244 e. The van der Waals surface area contributed by atoms with Crippen molar-refractivity contribution in [1.82, 2.24) is 14.5 Å². The van der Waals surface area contributed by atoms with Crippen molar-refractivity contribution in [3.8, 4) is 0 Å². The van der Waals surface area contributed by atoms with Crippen molar-refractivity contribution in [2.45, 2.75) is 23.8 Å². The van der Waals surface area contributed by atoms with Gasteiger partial charge in [-0.05, 0) is 36.1 Å². The van der Waals surface area contributed by atoms with Crippen molar-refractivity contribution in [3.05, 3.63) is 41.7 Å². The maximum atomic E-state index is 12.3. The summed E-state index contributed by atoms with van der Waals surface area (Å²) in [4.78, 5) is 0.184. The van der Waals surface area contributed by atoms with Gasteiger partial charge in [-0.3, -0.25) is 4.68 Å². The number of nitrogens with zero attached hydrogens (tertiary/aromatic N) is 2. The lowest BCUT2D eigenvalue weighted by molar-refractivity contribution is 0.554. The fraction of sp³-hybridized carbons (Fsp3) is 0.308. The van der Waals surface area contributed by atoms with Gasteiger partial charge in [0.2, 0.25) is 10.0 Å². The average molecular weight is 292 g/mol. The standard InChI is InChI=1S/C13H16N4O2S/c1-17-8-11(7-15-17)20(18,19)16-13-5-2-9-6-10(14)3-4-12(9)13/h3-4,6-8,13,16H,2,5,14H2,1H3. The predicted octanol–water partition coefficient (Wildman–Crippen LogP) is 0.968. The first-order chi connectivity index (χ1) is 9.45. The molecule has 0 amide bonds. The summed E-state index contributed by atoms with van der Waals surface area (Å²) < 4.78 is 28.8. The molecule has 1 heterocycles. The van der Waals surface area contributed by atoms with Crippen molar-refractivity contribution in [1.29, 1.82) is 0 Å². The fourth-order valence-corrected chi connectivity index (χ4v) is 3.79. The number of nitrogens with two attached hydrogens (primary N) is 1. The van der Waals surface area contributed by atoms with Crippen LogP contribution in [0.2, 0.25) is 0 Å². The predicted molar refractivity (Wildman–Crippen MR) is 75.4 cm³/mol. The van der Waals surface area contributed by atoms with Crippen LogP contribution in [0.3, 0.4) is 0 Å². The zero-order valence-electron chi connectivity index (χ0n) is 11.1. The zero-order valence-corrected chi connectivity index (χ0v) is 11.9. The van der Waals surface area contributed by atoms with Crippen LogP contribution < -0.4 is 10.5 Å². The summed E-state index contributed by atoms with van der Waals surface area (Å²) >= 11 is 0. The first-order valence-electron chi connectivity index (χ1n) is 6.35. The van der Waals surface area contributed by atoms with Gasteiger partial charge in [-0.2, -0.15) is 5.10 Å². The van der Waals surface area contributed by atoms with Crippen LogP contribution in [0.4, 0.5) is 5.69 Å².